The smallest absolute Gasteiger partial charge is 0.272 e. The Bertz CT molecular complexity index is 1580. The number of nitro groups is 1. The number of hydrogen-bond acceptors (Lipinski definition) is 8. The maximum atomic E-state index is 11.7. The van der Waals surface area contributed by atoms with Gasteiger partial charge in [0, 0.05) is 47.6 Å². The zero-order valence-corrected chi connectivity index (χ0v) is 18.5. The van der Waals surface area contributed by atoms with Gasteiger partial charge in [-0.25, -0.2) is 14.3 Å². The summed E-state index contributed by atoms with van der Waals surface area (Å²) < 4.78 is 11.0. The number of nitro benzene ring substituents is 1. The van der Waals surface area contributed by atoms with E-state index in [4.69, 9.17) is 4.74 Å². The van der Waals surface area contributed by atoms with E-state index in [0.717, 1.165) is 36.6 Å². The van der Waals surface area contributed by atoms with E-state index in [1.165, 1.54) is 12.1 Å². The number of carbonyl (C=O) groups excluding carboxylic acids is 1. The van der Waals surface area contributed by atoms with Crippen molar-refractivity contribution in [2.24, 2.45) is 0 Å². The second-order valence-electron chi connectivity index (χ2n) is 8.47. The van der Waals surface area contributed by atoms with Crippen molar-refractivity contribution in [3.63, 3.8) is 0 Å². The maximum absolute atomic E-state index is 11.7. The number of imidazole rings is 1. The zero-order chi connectivity index (χ0) is 23.9. The number of fused-ring (bicyclic) bond motifs is 2. The monoisotopic (exact) mass is 472 g/mol. The summed E-state index contributed by atoms with van der Waals surface area (Å²) in [7, 11) is 0. The van der Waals surface area contributed by atoms with Crippen LogP contribution in [0.5, 0.6) is 0 Å². The van der Waals surface area contributed by atoms with Crippen LogP contribution < -0.4 is 0 Å². The molecule has 1 aromatic carbocycles. The molecule has 176 valence electrons. The molecule has 0 bridgehead atoms. The molecule has 0 radical (unpaired) electrons. The van der Waals surface area contributed by atoms with Crippen LogP contribution >= 0.6 is 0 Å². The molecule has 0 aliphatic carbocycles. The third-order valence-electron chi connectivity index (χ3n) is 6.14. The summed E-state index contributed by atoms with van der Waals surface area (Å²) in [4.78, 5) is 26.8. The molecule has 1 unspecified atom stereocenters. The second kappa shape index (κ2) is 8.40. The van der Waals surface area contributed by atoms with Gasteiger partial charge in [-0.2, -0.15) is 5.10 Å². The van der Waals surface area contributed by atoms with Crippen LogP contribution in [0.2, 0.25) is 0 Å². The van der Waals surface area contributed by atoms with Crippen LogP contribution in [0.25, 0.3) is 27.8 Å². The van der Waals surface area contributed by atoms with Crippen LogP contribution in [0, 0.1) is 10.1 Å². The second-order valence-corrected chi connectivity index (χ2v) is 8.47. The lowest BCUT2D eigenvalue weighted by Gasteiger charge is -2.23. The fraction of sp³-hybridized carbons (Fsp3) is 0.261. The van der Waals surface area contributed by atoms with Gasteiger partial charge < -0.3 is 9.14 Å². The Kier molecular flexibility index (Phi) is 5.07. The molecule has 5 heterocycles. The van der Waals surface area contributed by atoms with Crippen molar-refractivity contribution in [1.82, 2.24) is 34.2 Å². The van der Waals surface area contributed by atoms with E-state index >= 15 is 0 Å². The van der Waals surface area contributed by atoms with Crippen molar-refractivity contribution in [2.75, 3.05) is 6.61 Å². The van der Waals surface area contributed by atoms with Gasteiger partial charge in [-0.05, 0) is 31.4 Å². The molecule has 1 saturated heterocycles. The molecule has 0 saturated carbocycles. The fourth-order valence-corrected chi connectivity index (χ4v) is 4.47. The normalized spacial score (nSPS) is 16.2. The summed E-state index contributed by atoms with van der Waals surface area (Å²) in [6.07, 6.45) is 10.3. The van der Waals surface area contributed by atoms with Crippen LogP contribution in [0.1, 0.15) is 41.5 Å². The Hall–Kier alpha value is -4.45. The van der Waals surface area contributed by atoms with Crippen LogP contribution in [0.15, 0.2) is 49.1 Å². The Labute approximate surface area is 197 Å². The minimum absolute atomic E-state index is 0.0501. The molecule has 1 atom stereocenters. The minimum Gasteiger partial charge on any atom is -0.356 e. The molecule has 0 N–H and O–H groups in total. The number of aldehydes is 1. The Morgan fingerprint density at radius 1 is 1.20 bits per heavy atom. The first-order valence-corrected chi connectivity index (χ1v) is 11.2. The van der Waals surface area contributed by atoms with Crippen molar-refractivity contribution in [3.8, 4) is 11.3 Å². The molecule has 0 spiro atoms. The first kappa shape index (κ1) is 21.1. The molecule has 5 aromatic rings. The van der Waals surface area contributed by atoms with E-state index in [2.05, 4.69) is 20.4 Å². The topological polar surface area (TPSA) is 135 Å². The minimum atomic E-state index is -0.420. The molecule has 1 fully saturated rings. The Balaban J connectivity index is 1.36. The van der Waals surface area contributed by atoms with Crippen molar-refractivity contribution in [2.45, 2.75) is 32.0 Å². The average molecular weight is 472 g/mol. The summed E-state index contributed by atoms with van der Waals surface area (Å²) in [6, 6.07) is 6.50. The highest BCUT2D eigenvalue weighted by Gasteiger charge is 2.23. The number of carbonyl (C=O) groups is 1. The van der Waals surface area contributed by atoms with Crippen molar-refractivity contribution in [3.05, 3.63) is 70.4 Å². The van der Waals surface area contributed by atoms with Gasteiger partial charge >= 0.3 is 0 Å². The van der Waals surface area contributed by atoms with Crippen LogP contribution in [-0.4, -0.2) is 52.0 Å². The van der Waals surface area contributed by atoms with Crippen LogP contribution in [0.3, 0.4) is 0 Å². The van der Waals surface area contributed by atoms with Gasteiger partial charge in [-0.1, -0.05) is 5.21 Å². The predicted octanol–water partition coefficient (Wildman–Crippen LogP) is 3.41. The number of ether oxygens (including phenoxy) is 1. The highest BCUT2D eigenvalue weighted by Crippen LogP contribution is 2.34. The molecule has 12 nitrogen and oxygen atoms in total. The number of aromatic nitrogens is 7. The number of nitrogens with zero attached hydrogens (tertiary/aromatic N) is 8. The molecular formula is C23H20N8O4. The van der Waals surface area contributed by atoms with Gasteiger partial charge in [0.1, 0.15) is 11.3 Å². The van der Waals surface area contributed by atoms with Gasteiger partial charge in [-0.3, -0.25) is 14.9 Å². The number of pyridine rings is 1. The first-order chi connectivity index (χ1) is 17.1. The summed E-state index contributed by atoms with van der Waals surface area (Å²) >= 11 is 0. The van der Waals surface area contributed by atoms with Crippen molar-refractivity contribution in [1.29, 1.82) is 0 Å². The molecule has 12 heteroatoms. The summed E-state index contributed by atoms with van der Waals surface area (Å²) in [5.74, 6) is 0. The predicted molar refractivity (Wildman–Crippen MR) is 124 cm³/mol. The Morgan fingerprint density at radius 3 is 2.91 bits per heavy atom. The van der Waals surface area contributed by atoms with Gasteiger partial charge in [-0.15, -0.1) is 5.10 Å². The molecule has 1 aliphatic rings. The van der Waals surface area contributed by atoms with Gasteiger partial charge in [0.15, 0.2) is 12.5 Å². The molecule has 0 amide bonds. The number of benzene rings is 1. The Morgan fingerprint density at radius 2 is 2.11 bits per heavy atom. The van der Waals surface area contributed by atoms with E-state index < -0.39 is 4.92 Å². The van der Waals surface area contributed by atoms with Crippen molar-refractivity contribution >= 4 is 28.5 Å². The lowest BCUT2D eigenvalue weighted by atomic mass is 10.1. The summed E-state index contributed by atoms with van der Waals surface area (Å²) in [5, 5.41) is 25.4. The zero-order valence-electron chi connectivity index (χ0n) is 18.5. The van der Waals surface area contributed by atoms with Gasteiger partial charge in [0.25, 0.3) is 5.69 Å². The highest BCUT2D eigenvalue weighted by molar-refractivity contribution is 5.95. The first-order valence-electron chi connectivity index (χ1n) is 11.2. The third kappa shape index (κ3) is 3.83. The molecule has 35 heavy (non-hydrogen) atoms. The summed E-state index contributed by atoms with van der Waals surface area (Å²) in [6.45, 7) is 0.986. The van der Waals surface area contributed by atoms with Crippen LogP contribution in [0.4, 0.5) is 5.69 Å². The quantitative estimate of drug-likeness (QED) is 0.208. The highest BCUT2D eigenvalue weighted by atomic mass is 16.6. The summed E-state index contributed by atoms with van der Waals surface area (Å²) in [5.41, 5.74) is 3.65. The number of rotatable bonds is 6. The largest absolute Gasteiger partial charge is 0.356 e. The van der Waals surface area contributed by atoms with Crippen molar-refractivity contribution < 1.29 is 14.5 Å². The van der Waals surface area contributed by atoms with E-state index in [1.54, 1.807) is 44.5 Å². The fourth-order valence-electron chi connectivity index (χ4n) is 4.47. The molecule has 4 aromatic heterocycles. The number of non-ortho nitro benzene ring substituents is 1. The van der Waals surface area contributed by atoms with E-state index in [1.807, 2.05) is 6.20 Å². The maximum Gasteiger partial charge on any atom is 0.272 e. The van der Waals surface area contributed by atoms with E-state index in [9.17, 15) is 14.9 Å². The number of hydrogen-bond donors (Lipinski definition) is 0. The lowest BCUT2D eigenvalue weighted by molar-refractivity contribution is -0.384. The molecular weight excluding hydrogens is 452 g/mol. The van der Waals surface area contributed by atoms with Gasteiger partial charge in [0.2, 0.25) is 0 Å². The molecule has 1 aliphatic heterocycles. The van der Waals surface area contributed by atoms with E-state index in [-0.39, 0.29) is 11.9 Å². The third-order valence-corrected chi connectivity index (χ3v) is 6.14. The van der Waals surface area contributed by atoms with Gasteiger partial charge in [0.05, 0.1) is 35.1 Å². The standard InChI is InChI=1S/C23H20N8O4/c32-14-15-4-5-22-25-16(11-28(22)10-15)12-29-13-20(26-27-29)18-7-17(31(33)34)8-21-19(18)9-24-30(21)23-3-1-2-6-35-23/h4-5,7-11,13-14,23H,1-3,6,12H2. The average Bonchev–Trinajstić information content (AvgIpc) is 3.61. The SMILES string of the molecule is O=Cc1ccc2nc(Cn3cc(-c4cc([N+](=O)[O-])cc5c4cnn5C4CCCCO4)nn3)cn2c1. The lowest BCUT2D eigenvalue weighted by Crippen LogP contribution is -2.19. The van der Waals surface area contributed by atoms with Crippen LogP contribution in [-0.2, 0) is 11.3 Å². The van der Waals surface area contributed by atoms with E-state index in [0.29, 0.717) is 41.1 Å². The molecule has 6 rings (SSSR count).